The molecule has 140 heavy (non-hydrogen) atoms. The first kappa shape index (κ1) is 108. The van der Waals surface area contributed by atoms with Gasteiger partial charge in [-0.2, -0.15) is 0 Å². The number of ether oxygens (including phenoxy) is 1. The topological polar surface area (TPSA) is 586 Å². The van der Waals surface area contributed by atoms with Crippen molar-refractivity contribution in [1.29, 1.82) is 0 Å². The van der Waals surface area contributed by atoms with Gasteiger partial charge in [0.15, 0.2) is 16.6 Å². The van der Waals surface area contributed by atoms with Crippen LogP contribution in [0, 0.1) is 107 Å². The number of nitro groups is 6. The molecule has 0 bridgehead atoms. The van der Waals surface area contributed by atoms with E-state index in [-0.39, 0.29) is 160 Å². The number of hydrogen-bond acceptors (Lipinski definition) is 36. The maximum absolute atomic E-state index is 14.6. The summed E-state index contributed by atoms with van der Waals surface area (Å²) >= 11 is 0. The van der Waals surface area contributed by atoms with Crippen LogP contribution < -0.4 is 40.2 Å². The third-order valence-electron chi connectivity index (χ3n) is 26.6. The summed E-state index contributed by atoms with van der Waals surface area (Å²) in [5.74, 6) is 4.92. The highest BCUT2D eigenvalue weighted by Gasteiger charge is 2.59. The van der Waals surface area contributed by atoms with Gasteiger partial charge >= 0.3 is 45.9 Å². The van der Waals surface area contributed by atoms with Crippen LogP contribution in [0.1, 0.15) is 215 Å². The second kappa shape index (κ2) is 51.8. The van der Waals surface area contributed by atoms with Crippen molar-refractivity contribution in [2.75, 3.05) is 87.0 Å². The summed E-state index contributed by atoms with van der Waals surface area (Å²) in [4.78, 5) is 88.0. The van der Waals surface area contributed by atoms with Gasteiger partial charge in [0.05, 0.1) is 91.0 Å². The Kier molecular flexibility index (Phi) is 40.0. The standard InChI is InChI=1S/C46H65N6O10P.C26H35N6O9P.C21H26N5O8P/c1-30(2)9-6-10-31(3)37-17-18-38-36-16-11-32-29-35(21-23-45(32,4)39(36)22-24-46(37,38)5)61-63(58,60-34-14-12-33(13-15-34)51(54)55)28-8-27-59-44(53)48-26-7-25-47-40-19-20-41(52(56)57)43-42(40)49-62-50-43;1-2-3-4-8-19-42(38,40-21-12-10-20(11-13-21)31(34)35)39-18-17-28-24(33)9-6-5-7-16-27-22-14-15-23(32(36)37)26-25(22)29-41-30-26;1-2-3-4-5-15-35(31,33-17-9-7-16(8-10-17)25(27)28)32-14-6-13-22-18-11-12-19(26(29)30)21-20(18)23-34-24-21/h11-15,19-20,30-31,35-39,47H,6-10,16-18,21-29H2,1-5H3,(H,48,53);10-15,27H,2-9,16-19H2,1H3,(H,28,33);7-12,22H,2-6,13-15H2,1H3/t31-,35?,36?,37-,38+,39+,45?,46?,63?;;/m1../s1. The summed E-state index contributed by atoms with van der Waals surface area (Å²) in [6.07, 6.45) is 25.4. The number of nitrogens with zero attached hydrogens (tertiary/aromatic N) is 12. The van der Waals surface area contributed by atoms with Crippen LogP contribution in [0.3, 0.4) is 0 Å². The molecule has 5 N–H and O–H groups in total. The average molecular weight is 2010 g/mol. The van der Waals surface area contributed by atoms with Gasteiger partial charge in [0.2, 0.25) is 22.5 Å². The van der Waals surface area contributed by atoms with Crippen molar-refractivity contribution in [3.05, 3.63) is 182 Å². The van der Waals surface area contributed by atoms with E-state index in [1.165, 1.54) is 154 Å². The minimum absolute atomic E-state index is 0.00565. The highest BCUT2D eigenvalue weighted by atomic mass is 31.2. The molecule has 4 aliphatic rings. The predicted molar refractivity (Wildman–Crippen MR) is 522 cm³/mol. The summed E-state index contributed by atoms with van der Waals surface area (Å²) in [6, 6.07) is 24.7. The Morgan fingerprint density at radius 1 is 0.450 bits per heavy atom. The smallest absolute Gasteiger partial charge is 0.407 e. The molecule has 6 aromatic carbocycles. The largest absolute Gasteiger partial charge is 0.450 e. The number of benzene rings is 6. The van der Waals surface area contributed by atoms with E-state index in [1.54, 1.807) is 6.07 Å². The van der Waals surface area contributed by atoms with E-state index in [2.05, 4.69) is 121 Å². The van der Waals surface area contributed by atoms with Gasteiger partial charge in [0.25, 0.3) is 17.1 Å². The van der Waals surface area contributed by atoms with Gasteiger partial charge in [0.1, 0.15) is 17.2 Å². The van der Waals surface area contributed by atoms with Crippen LogP contribution in [0.15, 0.2) is 135 Å². The number of nitrogens with one attached hydrogen (secondary N) is 5. The number of rotatable bonds is 55. The van der Waals surface area contributed by atoms with Crippen LogP contribution >= 0.6 is 22.8 Å². The van der Waals surface area contributed by atoms with Crippen molar-refractivity contribution >= 4 is 119 Å². The maximum atomic E-state index is 14.6. The van der Waals surface area contributed by atoms with Crippen molar-refractivity contribution in [3.8, 4) is 17.2 Å². The SMILES string of the molecule is CC(C)CCC[C@@H](C)[C@H]1CC[C@H]2C3CC=C4CC(OP(=O)(CCCOC(=O)NCCCNc5ccc([N+](=O)[O-])c6nonc56)Oc5ccc([N+](=O)[O-])cc5)CCC4(C)[C@H]3CCC12C.CCCCCCP(=O)(OCCCNc1ccc([N+](=O)[O-])c2nonc12)Oc1ccc([N+](=O)[O-])cc1.CCCCCCP(=O)(OCCNC(=O)CCCCCNc1ccc([N+](=O)[O-])c2nonc12)Oc1ccc([N+](=O)[O-])cc1. The molecule has 9 aromatic rings. The number of carbonyl (C=O) groups is 2. The van der Waals surface area contributed by atoms with Crippen molar-refractivity contribution < 1.29 is 98.6 Å². The Bertz CT molecular complexity index is 5850. The lowest BCUT2D eigenvalue weighted by Gasteiger charge is -2.58. The highest BCUT2D eigenvalue weighted by molar-refractivity contribution is 7.54. The molecule has 3 heterocycles. The third kappa shape index (κ3) is 30.2. The molecule has 3 fully saturated rings. The van der Waals surface area contributed by atoms with Crippen LogP contribution in [-0.4, -0.2) is 150 Å². The monoisotopic (exact) mass is 2010 g/mol. The number of fused-ring (bicyclic) bond motifs is 8. The number of alkyl carbamates (subject to hydrolysis) is 1. The molecule has 0 radical (unpaired) electrons. The molecular weight excluding hydrogens is 1880 g/mol. The lowest BCUT2D eigenvalue weighted by Crippen LogP contribution is -2.51. The molecule has 0 spiro atoms. The summed E-state index contributed by atoms with van der Waals surface area (Å²) in [7, 11) is -10.8. The maximum Gasteiger partial charge on any atom is 0.407 e. The number of unbranched alkanes of at least 4 members (excludes halogenated alkanes) is 8. The van der Waals surface area contributed by atoms with E-state index in [9.17, 15) is 84.0 Å². The lowest BCUT2D eigenvalue weighted by molar-refractivity contribution is -0.385. The molecule has 3 saturated carbocycles. The Hall–Kier alpha value is -12.2. The second-order valence-electron chi connectivity index (χ2n) is 36.7. The van der Waals surface area contributed by atoms with Crippen molar-refractivity contribution in [2.24, 2.45) is 46.3 Å². The van der Waals surface area contributed by atoms with Crippen molar-refractivity contribution in [1.82, 2.24) is 41.6 Å². The molecule has 47 heteroatoms. The molecule has 760 valence electrons. The van der Waals surface area contributed by atoms with Gasteiger partial charge in [-0.05, 0) is 228 Å². The first-order valence-electron chi connectivity index (χ1n) is 48.0. The second-order valence-corrected chi connectivity index (χ2v) is 43.0. The van der Waals surface area contributed by atoms with E-state index < -0.39 is 58.4 Å². The summed E-state index contributed by atoms with van der Waals surface area (Å²) < 4.78 is 95.8. The normalized spacial score (nSPS) is 19.5. The Morgan fingerprint density at radius 2 is 0.907 bits per heavy atom. The molecule has 44 nitrogen and oxygen atoms in total. The van der Waals surface area contributed by atoms with Crippen molar-refractivity contribution in [2.45, 2.75) is 222 Å². The van der Waals surface area contributed by atoms with Crippen molar-refractivity contribution in [3.63, 3.8) is 0 Å². The number of aromatic nitrogens is 6. The Balaban J connectivity index is 0.000000212. The zero-order valence-corrected chi connectivity index (χ0v) is 82.6. The van der Waals surface area contributed by atoms with E-state index in [0.29, 0.717) is 98.9 Å². The Morgan fingerprint density at radius 3 is 1.39 bits per heavy atom. The van der Waals surface area contributed by atoms with Crippen LogP contribution in [0.25, 0.3) is 33.1 Å². The van der Waals surface area contributed by atoms with Crippen LogP contribution in [-0.2, 0) is 36.8 Å². The van der Waals surface area contributed by atoms with Gasteiger partial charge in [0, 0.05) is 93.7 Å². The van der Waals surface area contributed by atoms with Crippen LogP contribution in [0.5, 0.6) is 17.2 Å². The third-order valence-corrected chi connectivity index (χ3v) is 32.4. The number of allylic oxidation sites excluding steroid dienone is 1. The minimum Gasteiger partial charge on any atom is -0.450 e. The molecule has 7 unspecified atom stereocenters. The average Bonchev–Trinajstić information content (AvgIpc) is 1.46. The summed E-state index contributed by atoms with van der Waals surface area (Å²) in [5, 5.41) is 103. The number of nitro benzene ring substituents is 6. The molecule has 0 saturated heterocycles. The van der Waals surface area contributed by atoms with Gasteiger partial charge in [-0.1, -0.05) is 124 Å². The molecule has 13 rings (SSSR count). The van der Waals surface area contributed by atoms with E-state index in [0.717, 1.165) is 94.3 Å². The number of hydrogen-bond donors (Lipinski definition) is 5. The number of amides is 2. The highest BCUT2D eigenvalue weighted by Crippen LogP contribution is 2.68. The van der Waals surface area contributed by atoms with Gasteiger partial charge in [-0.15, -0.1) is 0 Å². The van der Waals surface area contributed by atoms with Gasteiger partial charge in [-0.3, -0.25) is 79.1 Å². The fourth-order valence-corrected chi connectivity index (χ4v) is 24.6. The zero-order chi connectivity index (χ0) is 101. The van der Waals surface area contributed by atoms with Crippen LogP contribution in [0.2, 0.25) is 0 Å². The fourth-order valence-electron chi connectivity index (χ4n) is 19.4. The molecule has 0 aliphatic heterocycles. The van der Waals surface area contributed by atoms with Gasteiger partial charge in [-0.25, -0.2) is 32.4 Å². The fraction of sp³-hybridized carbons (Fsp3) is 0.570. The first-order valence-corrected chi connectivity index (χ1v) is 53.2. The first-order chi connectivity index (χ1) is 67.1. The predicted octanol–water partition coefficient (Wildman–Crippen LogP) is 23.4. The Labute approximate surface area is 808 Å². The van der Waals surface area contributed by atoms with E-state index in [4.69, 9.17) is 36.5 Å². The molecule has 4 aliphatic carbocycles. The molecule has 3 aromatic heterocycles. The quantitative estimate of drug-likeness (QED) is 0.00777. The van der Waals surface area contributed by atoms with Gasteiger partial charge < -0.3 is 44.9 Å². The number of non-ortho nitro benzene ring substituents is 6. The van der Waals surface area contributed by atoms with E-state index in [1.807, 2.05) is 0 Å². The minimum atomic E-state index is -3.81. The zero-order valence-electron chi connectivity index (χ0n) is 79.9. The molecular formula is C93H126N17O27P3. The molecule has 11 atom stereocenters. The lowest BCUT2D eigenvalue weighted by atomic mass is 9.47. The van der Waals surface area contributed by atoms with E-state index >= 15 is 0 Å². The number of carbonyl (C=O) groups excluding carboxylic acids is 2. The molecule has 2 amide bonds. The summed E-state index contributed by atoms with van der Waals surface area (Å²) in [6.45, 7) is 18.3. The summed E-state index contributed by atoms with van der Waals surface area (Å²) in [5.41, 5.74) is 3.54. The van der Waals surface area contributed by atoms with Crippen LogP contribution in [0.4, 0.5) is 56.0 Å². The number of anilines is 3.